The Kier molecular flexibility index (Phi) is 3.67. The zero-order valence-electron chi connectivity index (χ0n) is 9.29. The highest BCUT2D eigenvalue weighted by atomic mass is 32.2. The van der Waals surface area contributed by atoms with Crippen molar-refractivity contribution in [2.24, 2.45) is 11.1 Å². The van der Waals surface area contributed by atoms with Crippen molar-refractivity contribution in [2.45, 2.75) is 18.6 Å². The Morgan fingerprint density at radius 1 is 1.62 bits per heavy atom. The molecule has 0 aromatic carbocycles. The average Bonchev–Trinajstić information content (AvgIpc) is 2.26. The zero-order chi connectivity index (χ0) is 12.4. The van der Waals surface area contributed by atoms with Crippen molar-refractivity contribution >= 4 is 10.0 Å². The van der Waals surface area contributed by atoms with Gasteiger partial charge in [-0.1, -0.05) is 13.0 Å². The lowest BCUT2D eigenvalue weighted by atomic mass is 9.89. The Morgan fingerprint density at radius 3 is 2.62 bits per heavy atom. The first kappa shape index (κ1) is 13.1. The van der Waals surface area contributed by atoms with Gasteiger partial charge < -0.3 is 5.11 Å². The Hall–Kier alpha value is -0.980. The summed E-state index contributed by atoms with van der Waals surface area (Å²) in [5.74, 6) is -0.508. The molecule has 0 spiro atoms. The highest BCUT2D eigenvalue weighted by Gasteiger charge is 2.43. The quantitative estimate of drug-likeness (QED) is 0.792. The first-order chi connectivity index (χ1) is 7.34. The number of rotatable bonds is 4. The molecule has 0 aliphatic carbocycles. The number of aromatic nitrogens is 1. The summed E-state index contributed by atoms with van der Waals surface area (Å²) in [4.78, 5) is 3.88. The molecule has 2 unspecified atom stereocenters. The van der Waals surface area contributed by atoms with Crippen LogP contribution in [0.2, 0.25) is 0 Å². The summed E-state index contributed by atoms with van der Waals surface area (Å²) in [6.45, 7) is 2.87. The van der Waals surface area contributed by atoms with E-state index in [0.29, 0.717) is 5.56 Å². The van der Waals surface area contributed by atoms with Crippen LogP contribution in [0.15, 0.2) is 24.5 Å². The molecule has 0 amide bonds. The minimum atomic E-state index is -3.83. The number of sulfonamides is 1. The fourth-order valence-electron chi connectivity index (χ4n) is 1.56. The number of hydrogen-bond acceptors (Lipinski definition) is 4. The highest BCUT2D eigenvalue weighted by molar-refractivity contribution is 7.90. The second kappa shape index (κ2) is 4.48. The van der Waals surface area contributed by atoms with Crippen LogP contribution >= 0.6 is 0 Å². The number of nitrogens with two attached hydrogens (primary N) is 1. The fourth-order valence-corrected chi connectivity index (χ4v) is 2.64. The molecule has 5 nitrogen and oxygen atoms in total. The number of nitrogens with zero attached hydrogens (tertiary/aromatic N) is 1. The Bertz CT molecular complexity index is 446. The molecule has 2 atom stereocenters. The van der Waals surface area contributed by atoms with Crippen LogP contribution in [-0.4, -0.2) is 25.1 Å². The van der Waals surface area contributed by atoms with Gasteiger partial charge in [0.15, 0.2) is 0 Å². The van der Waals surface area contributed by atoms with Gasteiger partial charge in [-0.2, -0.15) is 0 Å². The lowest BCUT2D eigenvalue weighted by molar-refractivity contribution is 0.205. The Morgan fingerprint density at radius 2 is 2.25 bits per heavy atom. The van der Waals surface area contributed by atoms with E-state index in [-0.39, 0.29) is 6.61 Å². The fraction of sp³-hybridized carbons (Fsp3) is 0.500. The third-order valence-electron chi connectivity index (χ3n) is 3.04. The number of aliphatic hydroxyl groups excluding tert-OH is 1. The maximum Gasteiger partial charge on any atom is 0.219 e. The third-order valence-corrected chi connectivity index (χ3v) is 4.86. The maximum absolute atomic E-state index is 11.7. The number of primary sulfonamides is 1. The van der Waals surface area contributed by atoms with Crippen LogP contribution in [0.5, 0.6) is 0 Å². The molecule has 1 aromatic heterocycles. The minimum absolute atomic E-state index is 0.262. The van der Waals surface area contributed by atoms with Gasteiger partial charge in [0.05, 0.1) is 0 Å². The summed E-state index contributed by atoms with van der Waals surface area (Å²) in [5.41, 5.74) is 0.485. The van der Waals surface area contributed by atoms with Crippen LogP contribution in [0.3, 0.4) is 0 Å². The molecule has 0 fully saturated rings. The highest BCUT2D eigenvalue weighted by Crippen LogP contribution is 2.35. The van der Waals surface area contributed by atoms with Gasteiger partial charge in [0, 0.05) is 24.9 Å². The third kappa shape index (κ3) is 2.09. The molecular formula is C10H16N2O3S. The van der Waals surface area contributed by atoms with Gasteiger partial charge in [0.2, 0.25) is 10.0 Å². The van der Waals surface area contributed by atoms with Crippen molar-refractivity contribution in [3.63, 3.8) is 0 Å². The van der Waals surface area contributed by atoms with E-state index in [1.807, 2.05) is 0 Å². The summed E-state index contributed by atoms with van der Waals surface area (Å²) in [7, 11) is -3.83. The smallest absolute Gasteiger partial charge is 0.219 e. The van der Waals surface area contributed by atoms with Crippen LogP contribution in [-0.2, 0) is 14.8 Å². The molecular weight excluding hydrogens is 228 g/mol. The summed E-state index contributed by atoms with van der Waals surface area (Å²) in [5, 5.41) is 14.4. The van der Waals surface area contributed by atoms with Crippen molar-refractivity contribution in [1.82, 2.24) is 4.98 Å². The molecule has 0 saturated heterocycles. The van der Waals surface area contributed by atoms with Crippen molar-refractivity contribution < 1.29 is 13.5 Å². The standard InChI is InChI=1S/C10H16N2O3S/c1-8(7-13)10(2,16(11,14)15)9-4-3-5-12-6-9/h3-6,8,13H,7H2,1-2H3,(H2,11,14,15). The van der Waals surface area contributed by atoms with Crippen LogP contribution in [0.4, 0.5) is 0 Å². The summed E-state index contributed by atoms with van der Waals surface area (Å²) < 4.78 is 22.1. The largest absolute Gasteiger partial charge is 0.396 e. The average molecular weight is 244 g/mol. The minimum Gasteiger partial charge on any atom is -0.396 e. The molecule has 1 aromatic rings. The van der Waals surface area contributed by atoms with Crippen molar-refractivity contribution in [3.05, 3.63) is 30.1 Å². The van der Waals surface area contributed by atoms with Gasteiger partial charge in [-0.25, -0.2) is 13.6 Å². The van der Waals surface area contributed by atoms with E-state index in [1.165, 1.54) is 13.1 Å². The number of pyridine rings is 1. The first-order valence-electron chi connectivity index (χ1n) is 4.87. The van der Waals surface area contributed by atoms with E-state index in [2.05, 4.69) is 4.98 Å². The molecule has 0 bridgehead atoms. The van der Waals surface area contributed by atoms with Crippen LogP contribution < -0.4 is 5.14 Å². The van der Waals surface area contributed by atoms with Crippen molar-refractivity contribution in [3.8, 4) is 0 Å². The van der Waals surface area contributed by atoms with Gasteiger partial charge in [-0.05, 0) is 18.6 Å². The van der Waals surface area contributed by atoms with Crippen molar-refractivity contribution in [2.75, 3.05) is 6.61 Å². The molecule has 0 radical (unpaired) electrons. The number of hydrogen-bond donors (Lipinski definition) is 2. The lowest BCUT2D eigenvalue weighted by Crippen LogP contribution is -2.44. The summed E-state index contributed by atoms with van der Waals surface area (Å²) >= 11 is 0. The van der Waals surface area contributed by atoms with E-state index in [4.69, 9.17) is 10.2 Å². The number of aliphatic hydroxyl groups is 1. The summed E-state index contributed by atoms with van der Waals surface area (Å²) in [6, 6.07) is 3.28. The Labute approximate surface area is 95.4 Å². The molecule has 1 rings (SSSR count). The van der Waals surface area contributed by atoms with Crippen LogP contribution in [0.25, 0.3) is 0 Å². The lowest BCUT2D eigenvalue weighted by Gasteiger charge is -2.32. The van der Waals surface area contributed by atoms with E-state index in [1.54, 1.807) is 25.3 Å². The van der Waals surface area contributed by atoms with Gasteiger partial charge in [0.1, 0.15) is 4.75 Å². The molecule has 3 N–H and O–H groups in total. The SMILES string of the molecule is CC(CO)C(C)(c1cccnc1)S(N)(=O)=O. The molecule has 0 aliphatic rings. The van der Waals surface area contributed by atoms with Crippen LogP contribution in [0, 0.1) is 5.92 Å². The second-order valence-corrected chi connectivity index (χ2v) is 5.92. The van der Waals surface area contributed by atoms with Gasteiger partial charge in [0.25, 0.3) is 0 Å². The van der Waals surface area contributed by atoms with E-state index < -0.39 is 20.7 Å². The van der Waals surface area contributed by atoms with E-state index in [9.17, 15) is 8.42 Å². The predicted molar refractivity (Wildman–Crippen MR) is 60.9 cm³/mol. The van der Waals surface area contributed by atoms with Gasteiger partial charge in [-0.15, -0.1) is 0 Å². The van der Waals surface area contributed by atoms with Gasteiger partial charge in [-0.3, -0.25) is 4.98 Å². The molecule has 1 heterocycles. The summed E-state index contributed by atoms with van der Waals surface area (Å²) in [6.07, 6.45) is 3.01. The normalized spacial score (nSPS) is 17.8. The maximum atomic E-state index is 11.7. The predicted octanol–water partition coefficient (Wildman–Crippen LogP) is 0.214. The molecule has 0 aliphatic heterocycles. The van der Waals surface area contributed by atoms with Crippen molar-refractivity contribution in [1.29, 1.82) is 0 Å². The monoisotopic (exact) mass is 244 g/mol. The second-order valence-electron chi connectivity index (χ2n) is 3.98. The van der Waals surface area contributed by atoms with E-state index >= 15 is 0 Å². The van der Waals surface area contributed by atoms with Gasteiger partial charge >= 0.3 is 0 Å². The Balaban J connectivity index is 3.38. The topological polar surface area (TPSA) is 93.3 Å². The molecule has 6 heteroatoms. The molecule has 90 valence electrons. The van der Waals surface area contributed by atoms with Crippen LogP contribution in [0.1, 0.15) is 19.4 Å². The van der Waals surface area contributed by atoms with E-state index in [0.717, 1.165) is 0 Å². The molecule has 16 heavy (non-hydrogen) atoms. The first-order valence-corrected chi connectivity index (χ1v) is 6.42. The molecule has 0 saturated carbocycles. The zero-order valence-corrected chi connectivity index (χ0v) is 10.1.